The number of nitro groups is 1. The SMILES string of the molecule is CC1CCCC(C)N1Nc1cc(C(=O)O)c([N+](=O)[O-])cn1. The first-order valence-corrected chi connectivity index (χ1v) is 6.83. The minimum Gasteiger partial charge on any atom is -0.477 e. The number of pyridine rings is 1. The Hall–Kier alpha value is -2.22. The number of hydrogen-bond acceptors (Lipinski definition) is 6. The number of hydrogen-bond donors (Lipinski definition) is 2. The van der Waals surface area contributed by atoms with Crippen molar-refractivity contribution >= 4 is 17.5 Å². The van der Waals surface area contributed by atoms with Crippen molar-refractivity contribution in [3.63, 3.8) is 0 Å². The maximum absolute atomic E-state index is 11.1. The van der Waals surface area contributed by atoms with Crippen molar-refractivity contribution in [2.24, 2.45) is 0 Å². The molecule has 0 radical (unpaired) electrons. The first kappa shape index (κ1) is 15.2. The van der Waals surface area contributed by atoms with Crippen LogP contribution >= 0.6 is 0 Å². The molecule has 21 heavy (non-hydrogen) atoms. The molecular weight excluding hydrogens is 276 g/mol. The average molecular weight is 294 g/mol. The van der Waals surface area contributed by atoms with Gasteiger partial charge < -0.3 is 10.5 Å². The Balaban J connectivity index is 2.26. The van der Waals surface area contributed by atoms with Gasteiger partial charge in [0.1, 0.15) is 17.6 Å². The lowest BCUT2D eigenvalue weighted by Gasteiger charge is -2.39. The molecule has 8 nitrogen and oxygen atoms in total. The lowest BCUT2D eigenvalue weighted by Crippen LogP contribution is -2.47. The van der Waals surface area contributed by atoms with Crippen molar-refractivity contribution in [2.75, 3.05) is 5.43 Å². The summed E-state index contributed by atoms with van der Waals surface area (Å²) in [7, 11) is 0. The van der Waals surface area contributed by atoms with Gasteiger partial charge in [-0.15, -0.1) is 0 Å². The second kappa shape index (κ2) is 6.04. The van der Waals surface area contributed by atoms with Crippen molar-refractivity contribution < 1.29 is 14.8 Å². The molecule has 1 aliphatic rings. The van der Waals surface area contributed by atoms with Gasteiger partial charge in [0.25, 0.3) is 0 Å². The van der Waals surface area contributed by atoms with E-state index in [9.17, 15) is 14.9 Å². The maximum Gasteiger partial charge on any atom is 0.342 e. The van der Waals surface area contributed by atoms with E-state index in [1.807, 2.05) is 5.01 Å². The standard InChI is InChI=1S/C13H18N4O4/c1-8-4-3-5-9(2)16(8)15-12-6-10(13(18)19)11(7-14-12)17(20)21/h6-9H,3-5H2,1-2H3,(H,14,15)(H,18,19). The van der Waals surface area contributed by atoms with Gasteiger partial charge in [-0.25, -0.2) is 14.8 Å². The zero-order chi connectivity index (χ0) is 15.6. The molecule has 1 aromatic rings. The van der Waals surface area contributed by atoms with Gasteiger partial charge >= 0.3 is 11.7 Å². The number of carbonyl (C=O) groups is 1. The molecule has 0 aromatic carbocycles. The zero-order valence-electron chi connectivity index (χ0n) is 11.9. The van der Waals surface area contributed by atoms with Gasteiger partial charge in [0.2, 0.25) is 0 Å². The predicted molar refractivity (Wildman–Crippen MR) is 76.1 cm³/mol. The molecule has 1 aliphatic heterocycles. The number of carboxylic acid groups (broad SMARTS) is 1. The van der Waals surface area contributed by atoms with Gasteiger partial charge in [-0.2, -0.15) is 0 Å². The van der Waals surface area contributed by atoms with Crippen LogP contribution in [0.4, 0.5) is 11.5 Å². The Labute approximate surface area is 121 Å². The third-order valence-corrected chi connectivity index (χ3v) is 3.75. The zero-order valence-corrected chi connectivity index (χ0v) is 11.9. The van der Waals surface area contributed by atoms with Crippen molar-refractivity contribution in [1.82, 2.24) is 9.99 Å². The average Bonchev–Trinajstić information content (AvgIpc) is 2.42. The minimum absolute atomic E-state index is 0.291. The minimum atomic E-state index is -1.34. The molecule has 1 saturated heterocycles. The van der Waals surface area contributed by atoms with Gasteiger partial charge in [-0.3, -0.25) is 10.1 Å². The molecule has 0 aliphatic carbocycles. The molecule has 1 fully saturated rings. The van der Waals surface area contributed by atoms with Crippen LogP contribution in [-0.4, -0.2) is 38.1 Å². The van der Waals surface area contributed by atoms with Gasteiger partial charge in [0.05, 0.1) is 4.92 Å². The second-order valence-electron chi connectivity index (χ2n) is 5.30. The third kappa shape index (κ3) is 3.27. The molecule has 0 bridgehead atoms. The Morgan fingerprint density at radius 1 is 1.48 bits per heavy atom. The van der Waals surface area contributed by atoms with Crippen LogP contribution in [0.25, 0.3) is 0 Å². The Kier molecular flexibility index (Phi) is 4.37. The number of anilines is 1. The Morgan fingerprint density at radius 3 is 2.62 bits per heavy atom. The van der Waals surface area contributed by atoms with Crippen LogP contribution in [0.1, 0.15) is 43.5 Å². The summed E-state index contributed by atoms with van der Waals surface area (Å²) in [5, 5.41) is 21.9. The monoisotopic (exact) mass is 294 g/mol. The topological polar surface area (TPSA) is 109 Å². The van der Waals surface area contributed by atoms with Crippen LogP contribution in [0.15, 0.2) is 12.3 Å². The molecule has 1 aromatic heterocycles. The number of rotatable bonds is 4. The fourth-order valence-corrected chi connectivity index (χ4v) is 2.60. The summed E-state index contributed by atoms with van der Waals surface area (Å²) in [4.78, 5) is 25.1. The number of nitrogens with one attached hydrogen (secondary N) is 1. The van der Waals surface area contributed by atoms with Crippen LogP contribution in [0.5, 0.6) is 0 Å². The highest BCUT2D eigenvalue weighted by Gasteiger charge is 2.26. The smallest absolute Gasteiger partial charge is 0.342 e. The fourth-order valence-electron chi connectivity index (χ4n) is 2.60. The fraction of sp³-hybridized carbons (Fsp3) is 0.538. The number of aromatic carboxylic acids is 1. The molecule has 2 heterocycles. The van der Waals surface area contributed by atoms with Gasteiger partial charge in [0.15, 0.2) is 0 Å². The van der Waals surface area contributed by atoms with Crippen LogP contribution in [0.2, 0.25) is 0 Å². The highest BCUT2D eigenvalue weighted by molar-refractivity contribution is 5.93. The summed E-state index contributed by atoms with van der Waals surface area (Å²) < 4.78 is 0. The number of aromatic nitrogens is 1. The largest absolute Gasteiger partial charge is 0.477 e. The molecule has 8 heteroatoms. The third-order valence-electron chi connectivity index (χ3n) is 3.75. The molecule has 2 N–H and O–H groups in total. The second-order valence-corrected chi connectivity index (χ2v) is 5.30. The lowest BCUT2D eigenvalue weighted by molar-refractivity contribution is -0.385. The highest BCUT2D eigenvalue weighted by atomic mass is 16.6. The molecule has 0 amide bonds. The van der Waals surface area contributed by atoms with E-state index in [0.29, 0.717) is 17.9 Å². The summed E-state index contributed by atoms with van der Waals surface area (Å²) in [5.74, 6) is -1.04. The summed E-state index contributed by atoms with van der Waals surface area (Å²) in [5.41, 5.74) is 2.21. The van der Waals surface area contributed by atoms with E-state index in [-0.39, 0.29) is 5.56 Å². The molecule has 114 valence electrons. The van der Waals surface area contributed by atoms with Crippen molar-refractivity contribution in [2.45, 2.75) is 45.2 Å². The first-order valence-electron chi connectivity index (χ1n) is 6.83. The van der Waals surface area contributed by atoms with Crippen LogP contribution in [0, 0.1) is 10.1 Å². The van der Waals surface area contributed by atoms with E-state index >= 15 is 0 Å². The molecule has 2 atom stereocenters. The van der Waals surface area contributed by atoms with Crippen molar-refractivity contribution in [3.8, 4) is 0 Å². The van der Waals surface area contributed by atoms with Crippen molar-refractivity contribution in [1.29, 1.82) is 0 Å². The van der Waals surface area contributed by atoms with Crippen molar-refractivity contribution in [3.05, 3.63) is 27.9 Å². The Bertz CT molecular complexity index is 553. The van der Waals surface area contributed by atoms with E-state index in [4.69, 9.17) is 5.11 Å². The quantitative estimate of drug-likeness (QED) is 0.647. The molecule has 2 unspecified atom stereocenters. The number of piperidine rings is 1. The van der Waals surface area contributed by atoms with Gasteiger partial charge in [-0.05, 0) is 26.7 Å². The van der Waals surface area contributed by atoms with Crippen LogP contribution in [0.3, 0.4) is 0 Å². The Morgan fingerprint density at radius 2 is 2.10 bits per heavy atom. The van der Waals surface area contributed by atoms with Crippen LogP contribution in [-0.2, 0) is 0 Å². The van der Waals surface area contributed by atoms with E-state index in [1.54, 1.807) is 0 Å². The lowest BCUT2D eigenvalue weighted by atomic mass is 10.00. The van der Waals surface area contributed by atoms with E-state index < -0.39 is 16.6 Å². The summed E-state index contributed by atoms with van der Waals surface area (Å²) in [6.45, 7) is 4.15. The van der Waals surface area contributed by atoms with Gasteiger partial charge in [0, 0.05) is 18.2 Å². The molecule has 2 rings (SSSR count). The summed E-state index contributed by atoms with van der Waals surface area (Å²) in [6, 6.07) is 1.78. The molecular formula is C13H18N4O4. The number of carboxylic acids is 1. The number of hydrazine groups is 1. The van der Waals surface area contributed by atoms with E-state index in [1.165, 1.54) is 6.07 Å². The highest BCUT2D eigenvalue weighted by Crippen LogP contribution is 2.25. The molecule has 0 saturated carbocycles. The first-order chi connectivity index (χ1) is 9.90. The normalized spacial score (nSPS) is 22.8. The maximum atomic E-state index is 11.1. The summed E-state index contributed by atoms with van der Waals surface area (Å²) in [6.07, 6.45) is 4.20. The predicted octanol–water partition coefficient (Wildman–Crippen LogP) is 2.28. The van der Waals surface area contributed by atoms with E-state index in [2.05, 4.69) is 24.3 Å². The number of nitrogens with zero attached hydrogens (tertiary/aromatic N) is 3. The van der Waals surface area contributed by atoms with Gasteiger partial charge in [-0.1, -0.05) is 6.42 Å². The van der Waals surface area contributed by atoms with E-state index in [0.717, 1.165) is 25.5 Å². The molecule has 0 spiro atoms. The summed E-state index contributed by atoms with van der Waals surface area (Å²) >= 11 is 0. The van der Waals surface area contributed by atoms with Crippen LogP contribution < -0.4 is 5.43 Å².